The maximum Gasteiger partial charge on any atom is 0.131 e. The molecule has 0 saturated carbocycles. The van der Waals surface area contributed by atoms with Gasteiger partial charge in [0.15, 0.2) is 0 Å². The summed E-state index contributed by atoms with van der Waals surface area (Å²) in [6, 6.07) is 14.9. The highest BCUT2D eigenvalue weighted by molar-refractivity contribution is 8.00. The fourth-order valence-electron chi connectivity index (χ4n) is 3.54. The molecule has 1 nitrogen and oxygen atoms in total. The molecular formula is C23H20F3NS. The largest absolute Gasteiger partial charge is 0.312 e. The van der Waals surface area contributed by atoms with E-state index in [1.165, 1.54) is 11.6 Å². The van der Waals surface area contributed by atoms with Crippen LogP contribution in [-0.4, -0.2) is 6.54 Å². The van der Waals surface area contributed by atoms with E-state index in [0.29, 0.717) is 11.1 Å². The fraction of sp³-hybridized carbons (Fsp3) is 0.217. The van der Waals surface area contributed by atoms with E-state index in [1.54, 1.807) is 18.0 Å². The Bertz CT molecular complexity index is 1020. The number of hydrogen-bond acceptors (Lipinski definition) is 2. The van der Waals surface area contributed by atoms with Gasteiger partial charge < -0.3 is 4.31 Å². The van der Waals surface area contributed by atoms with E-state index in [1.807, 2.05) is 37.3 Å². The van der Waals surface area contributed by atoms with Gasteiger partial charge in [0.05, 0.1) is 5.69 Å². The number of alkyl halides is 1. The molecular weight excluding hydrogens is 379 g/mol. The van der Waals surface area contributed by atoms with Crippen LogP contribution in [0.5, 0.6) is 0 Å². The summed E-state index contributed by atoms with van der Waals surface area (Å²) < 4.78 is 43.3. The molecule has 0 saturated heterocycles. The van der Waals surface area contributed by atoms with Gasteiger partial charge in [0.25, 0.3) is 0 Å². The molecule has 1 heterocycles. The molecule has 0 radical (unpaired) electrons. The third-order valence-corrected chi connectivity index (χ3v) is 6.39. The second-order valence-corrected chi connectivity index (χ2v) is 8.00. The van der Waals surface area contributed by atoms with Crippen molar-refractivity contribution in [2.45, 2.75) is 31.3 Å². The molecule has 0 spiro atoms. The van der Waals surface area contributed by atoms with Gasteiger partial charge >= 0.3 is 0 Å². The summed E-state index contributed by atoms with van der Waals surface area (Å²) >= 11 is 1.57. The van der Waals surface area contributed by atoms with Crippen LogP contribution in [0.2, 0.25) is 0 Å². The molecule has 0 N–H and O–H groups in total. The molecule has 0 atom stereocenters. The van der Waals surface area contributed by atoms with Crippen molar-refractivity contribution in [1.29, 1.82) is 0 Å². The molecule has 28 heavy (non-hydrogen) atoms. The monoisotopic (exact) mass is 399 g/mol. The van der Waals surface area contributed by atoms with Crippen LogP contribution in [0.15, 0.2) is 59.5 Å². The van der Waals surface area contributed by atoms with E-state index in [-0.39, 0.29) is 5.56 Å². The molecule has 3 aromatic carbocycles. The Morgan fingerprint density at radius 3 is 2.71 bits per heavy atom. The molecule has 0 aliphatic carbocycles. The van der Waals surface area contributed by atoms with Crippen molar-refractivity contribution in [2.75, 3.05) is 10.8 Å². The average molecular weight is 399 g/mol. The smallest absolute Gasteiger partial charge is 0.131 e. The molecule has 1 aliphatic rings. The van der Waals surface area contributed by atoms with E-state index >= 15 is 0 Å². The lowest BCUT2D eigenvalue weighted by atomic mass is 9.97. The Kier molecular flexibility index (Phi) is 5.36. The summed E-state index contributed by atoms with van der Waals surface area (Å²) in [5.74, 6) is -0.901. The van der Waals surface area contributed by atoms with Gasteiger partial charge in [-0.3, -0.25) is 0 Å². The van der Waals surface area contributed by atoms with Gasteiger partial charge in [-0.25, -0.2) is 13.2 Å². The molecule has 4 rings (SSSR count). The lowest BCUT2D eigenvalue weighted by molar-refractivity contribution is 0.483. The van der Waals surface area contributed by atoms with Crippen LogP contribution in [-0.2, 0) is 13.1 Å². The van der Waals surface area contributed by atoms with E-state index < -0.39 is 18.3 Å². The third kappa shape index (κ3) is 3.63. The summed E-state index contributed by atoms with van der Waals surface area (Å²) in [4.78, 5) is 1.00. The van der Waals surface area contributed by atoms with Crippen LogP contribution in [0.25, 0.3) is 11.1 Å². The third-order valence-electron chi connectivity index (χ3n) is 5.15. The van der Waals surface area contributed by atoms with Crippen molar-refractivity contribution in [3.63, 3.8) is 0 Å². The van der Waals surface area contributed by atoms with Gasteiger partial charge in [0.2, 0.25) is 0 Å². The van der Waals surface area contributed by atoms with Crippen LogP contribution in [0.3, 0.4) is 0 Å². The van der Waals surface area contributed by atoms with E-state index in [2.05, 4.69) is 4.31 Å². The Hall–Kier alpha value is -2.40. The van der Waals surface area contributed by atoms with Gasteiger partial charge in [-0.1, -0.05) is 24.3 Å². The van der Waals surface area contributed by atoms with E-state index in [9.17, 15) is 13.2 Å². The lowest BCUT2D eigenvalue weighted by Crippen LogP contribution is -2.22. The van der Waals surface area contributed by atoms with Gasteiger partial charge in [0.1, 0.15) is 18.3 Å². The van der Waals surface area contributed by atoms with Gasteiger partial charge in [-0.2, -0.15) is 0 Å². The maximum absolute atomic E-state index is 14.2. The molecule has 0 amide bonds. The zero-order chi connectivity index (χ0) is 19.7. The van der Waals surface area contributed by atoms with Crippen molar-refractivity contribution < 1.29 is 13.2 Å². The first-order valence-electron chi connectivity index (χ1n) is 9.25. The summed E-state index contributed by atoms with van der Waals surface area (Å²) in [7, 11) is 0. The zero-order valence-corrected chi connectivity index (χ0v) is 16.3. The first kappa shape index (κ1) is 18.9. The second kappa shape index (κ2) is 7.92. The fourth-order valence-corrected chi connectivity index (χ4v) is 4.68. The van der Waals surface area contributed by atoms with Gasteiger partial charge in [0, 0.05) is 17.0 Å². The number of fused-ring (bicyclic) bond motifs is 1. The Morgan fingerprint density at radius 2 is 1.89 bits per heavy atom. The highest BCUT2D eigenvalue weighted by Crippen LogP contribution is 2.39. The normalized spacial score (nSPS) is 13.5. The van der Waals surface area contributed by atoms with Crippen LogP contribution in [0, 0.1) is 18.6 Å². The summed E-state index contributed by atoms with van der Waals surface area (Å²) in [6.45, 7) is 2.28. The Labute approximate surface area is 167 Å². The minimum atomic E-state index is -0.486. The number of rotatable bonds is 4. The Morgan fingerprint density at radius 1 is 1.04 bits per heavy atom. The van der Waals surface area contributed by atoms with Crippen molar-refractivity contribution in [3.8, 4) is 11.1 Å². The average Bonchev–Trinajstić information content (AvgIpc) is 2.71. The van der Waals surface area contributed by atoms with Crippen molar-refractivity contribution >= 4 is 17.6 Å². The highest BCUT2D eigenvalue weighted by atomic mass is 32.2. The zero-order valence-electron chi connectivity index (χ0n) is 15.5. The summed E-state index contributed by atoms with van der Waals surface area (Å²) in [6.07, 6.45) is 1.96. The quantitative estimate of drug-likeness (QED) is 0.441. The first-order chi connectivity index (χ1) is 13.6. The van der Waals surface area contributed by atoms with Crippen LogP contribution in [0.4, 0.5) is 18.9 Å². The van der Waals surface area contributed by atoms with Gasteiger partial charge in [-0.15, -0.1) is 0 Å². The minimum absolute atomic E-state index is 0.258. The van der Waals surface area contributed by atoms with Crippen LogP contribution >= 0.6 is 11.9 Å². The summed E-state index contributed by atoms with van der Waals surface area (Å²) in [5.41, 5.74) is 4.72. The molecule has 0 fully saturated rings. The highest BCUT2D eigenvalue weighted by Gasteiger charge is 2.20. The first-order valence-corrected chi connectivity index (χ1v) is 10.0. The molecule has 0 bridgehead atoms. The van der Waals surface area contributed by atoms with Crippen LogP contribution < -0.4 is 4.31 Å². The SMILES string of the molecule is Cc1c(CF)cccc1SN1CCCc2ccc(-c3cc(F)ccc3F)cc21. The topological polar surface area (TPSA) is 3.24 Å². The number of hydrogen-bond donors (Lipinski definition) is 0. The van der Waals surface area contributed by atoms with Crippen LogP contribution in [0.1, 0.15) is 23.1 Å². The lowest BCUT2D eigenvalue weighted by Gasteiger charge is -2.31. The standard InChI is InChI=1S/C23H20F3NS/c1-15-18(14-24)4-2-6-23(15)28-27-11-3-5-16-7-8-17(12-22(16)27)20-13-19(25)9-10-21(20)26/h2,4,6-10,12-13H,3,5,11,14H2,1H3. The maximum atomic E-state index is 14.2. The van der Waals surface area contributed by atoms with Gasteiger partial charge in [-0.05, 0) is 84.3 Å². The predicted octanol–water partition coefficient (Wildman–Crippen LogP) is 6.87. The molecule has 1 aliphatic heterocycles. The van der Waals surface area contributed by atoms with Crippen molar-refractivity contribution in [3.05, 3.63) is 82.9 Å². The minimum Gasteiger partial charge on any atom is -0.312 e. The number of aryl methyl sites for hydroxylation is 1. The number of anilines is 1. The summed E-state index contributed by atoms with van der Waals surface area (Å²) in [5, 5.41) is 0. The number of halogens is 3. The van der Waals surface area contributed by atoms with E-state index in [0.717, 1.165) is 47.7 Å². The Balaban J connectivity index is 1.72. The van der Waals surface area contributed by atoms with E-state index in [4.69, 9.17) is 0 Å². The molecule has 144 valence electrons. The molecule has 0 aromatic heterocycles. The molecule has 3 aromatic rings. The van der Waals surface area contributed by atoms with Crippen molar-refractivity contribution in [2.24, 2.45) is 0 Å². The van der Waals surface area contributed by atoms with Crippen molar-refractivity contribution in [1.82, 2.24) is 0 Å². The second-order valence-electron chi connectivity index (χ2n) is 6.94. The predicted molar refractivity (Wildman–Crippen MR) is 109 cm³/mol. The molecule has 0 unspecified atom stereocenters. The molecule has 5 heteroatoms. The number of benzene rings is 3. The number of nitrogens with zero attached hydrogens (tertiary/aromatic N) is 1.